The number of Topliss-reactive ketones (excluding diaryl/α,β-unsaturated/α-hetero) is 1. The van der Waals surface area contributed by atoms with Gasteiger partial charge in [0.2, 0.25) is 0 Å². The van der Waals surface area contributed by atoms with Crippen molar-refractivity contribution in [1.82, 2.24) is 0 Å². The van der Waals surface area contributed by atoms with Gasteiger partial charge in [0.05, 0.1) is 0 Å². The fourth-order valence-corrected chi connectivity index (χ4v) is 8.93. The highest BCUT2D eigenvalue weighted by Gasteiger charge is 2.71. The molecule has 0 radical (unpaired) electrons. The Hall–Kier alpha value is -1.42. The van der Waals surface area contributed by atoms with E-state index in [-0.39, 0.29) is 52.5 Å². The van der Waals surface area contributed by atoms with Crippen LogP contribution in [-0.2, 0) is 19.1 Å². The second kappa shape index (κ2) is 6.79. The summed E-state index contributed by atoms with van der Waals surface area (Å²) in [4.78, 5) is 38.0. The molecule has 8 atom stereocenters. The Kier molecular flexibility index (Phi) is 4.69. The van der Waals surface area contributed by atoms with E-state index in [1.165, 1.54) is 0 Å². The molecule has 0 aliphatic heterocycles. The number of ketones is 2. The summed E-state index contributed by atoms with van der Waals surface area (Å²) in [5.41, 5.74) is -0.400. The van der Waals surface area contributed by atoms with Gasteiger partial charge in [-0.2, -0.15) is 0 Å². The average Bonchev–Trinajstić information content (AvgIpc) is 3.49. The third-order valence-electron chi connectivity index (χ3n) is 10.1. The number of halogens is 1. The number of hydrogen-bond acceptors (Lipinski definition) is 4. The third-order valence-corrected chi connectivity index (χ3v) is 10.4. The Morgan fingerprint density at radius 2 is 1.87 bits per heavy atom. The summed E-state index contributed by atoms with van der Waals surface area (Å²) in [5, 5.41) is 0.722. The van der Waals surface area contributed by atoms with E-state index in [1.54, 1.807) is 13.8 Å². The molecule has 4 nitrogen and oxygen atoms in total. The zero-order chi connectivity index (χ0) is 22.3. The molecule has 3 fully saturated rings. The highest BCUT2D eigenvalue weighted by Crippen LogP contribution is 2.73. The van der Waals surface area contributed by atoms with E-state index in [4.69, 9.17) is 16.3 Å². The van der Waals surface area contributed by atoms with Crippen LogP contribution < -0.4 is 0 Å². The molecular formula is C26H33ClO4. The fourth-order valence-electron chi connectivity index (χ4n) is 8.53. The maximum absolute atomic E-state index is 13.1. The van der Waals surface area contributed by atoms with Crippen molar-refractivity contribution >= 4 is 29.1 Å². The Bertz CT molecular complexity index is 934. The fraction of sp³-hybridized carbons (Fsp3) is 0.731. The molecule has 0 saturated heterocycles. The van der Waals surface area contributed by atoms with E-state index in [0.717, 1.165) is 42.7 Å². The van der Waals surface area contributed by atoms with Crippen LogP contribution in [0, 0.1) is 40.4 Å². The van der Waals surface area contributed by atoms with Crippen LogP contribution >= 0.6 is 11.6 Å². The normalized spacial score (nSPS) is 47.3. The molecule has 3 saturated carbocycles. The van der Waals surface area contributed by atoms with Gasteiger partial charge in [0.25, 0.3) is 0 Å². The van der Waals surface area contributed by atoms with Crippen LogP contribution in [0.25, 0.3) is 0 Å². The van der Waals surface area contributed by atoms with Crippen molar-refractivity contribution in [3.8, 4) is 0 Å². The maximum Gasteiger partial charge on any atom is 0.306 e. The van der Waals surface area contributed by atoms with Crippen molar-refractivity contribution in [2.24, 2.45) is 40.4 Å². The summed E-state index contributed by atoms with van der Waals surface area (Å²) >= 11 is 6.86. The van der Waals surface area contributed by atoms with E-state index in [2.05, 4.69) is 19.9 Å². The Morgan fingerprint density at radius 3 is 2.52 bits per heavy atom. The lowest BCUT2D eigenvalue weighted by Gasteiger charge is -2.58. The lowest BCUT2D eigenvalue weighted by atomic mass is 9.46. The molecule has 0 aromatic rings. The topological polar surface area (TPSA) is 60.4 Å². The first-order valence-corrected chi connectivity index (χ1v) is 12.4. The van der Waals surface area contributed by atoms with Gasteiger partial charge in [0.1, 0.15) is 0 Å². The standard InChI is InChI=1S/C26H33ClO4/c1-5-23(30)31-26(14(3)28)10-8-18-15-12-21(27)20-13-22(29)16-11-19(16)24(20,4)17(15)7-9-25(18,26)6-2/h12-13,15-19H,5-11H2,1-4H3/t15-,16?,17-,18+,19?,24-,25+,26-/m1/s1. The van der Waals surface area contributed by atoms with Crippen molar-refractivity contribution in [1.29, 1.82) is 0 Å². The molecule has 5 aliphatic rings. The monoisotopic (exact) mass is 444 g/mol. The number of carbonyl (C=O) groups is 3. The van der Waals surface area contributed by atoms with Crippen LogP contribution in [0.4, 0.5) is 0 Å². The number of carbonyl (C=O) groups excluding carboxylic acids is 3. The predicted molar refractivity (Wildman–Crippen MR) is 118 cm³/mol. The van der Waals surface area contributed by atoms with Gasteiger partial charge in [0, 0.05) is 28.2 Å². The summed E-state index contributed by atoms with van der Waals surface area (Å²) in [6.45, 7) is 7.86. The van der Waals surface area contributed by atoms with Crippen LogP contribution in [0.5, 0.6) is 0 Å². The minimum atomic E-state index is -1.02. The second-order valence-corrected chi connectivity index (χ2v) is 11.2. The van der Waals surface area contributed by atoms with Crippen LogP contribution in [-0.4, -0.2) is 23.1 Å². The minimum absolute atomic E-state index is 0.0136. The van der Waals surface area contributed by atoms with Gasteiger partial charge < -0.3 is 4.74 Å². The number of rotatable bonds is 4. The molecule has 5 rings (SSSR count). The van der Waals surface area contributed by atoms with Crippen LogP contribution in [0.15, 0.2) is 22.8 Å². The molecule has 31 heavy (non-hydrogen) atoms. The van der Waals surface area contributed by atoms with Crippen molar-refractivity contribution in [2.75, 3.05) is 0 Å². The van der Waals surface area contributed by atoms with Crippen molar-refractivity contribution in [3.05, 3.63) is 22.8 Å². The molecule has 0 N–H and O–H groups in total. The Morgan fingerprint density at radius 1 is 1.16 bits per heavy atom. The van der Waals surface area contributed by atoms with Crippen molar-refractivity contribution in [2.45, 2.75) is 78.2 Å². The highest BCUT2D eigenvalue weighted by atomic mass is 35.5. The number of esters is 1. The molecule has 0 aromatic carbocycles. The van der Waals surface area contributed by atoms with Gasteiger partial charge in [-0.15, -0.1) is 0 Å². The third kappa shape index (κ3) is 2.52. The lowest BCUT2D eigenvalue weighted by Crippen LogP contribution is -2.59. The van der Waals surface area contributed by atoms with Gasteiger partial charge in [-0.05, 0) is 80.8 Å². The Balaban J connectivity index is 1.60. The SMILES string of the molecule is CCC(=O)O[C@@]1(C(C)=O)CC[C@H]2[C@@H]3C=C(Cl)C4=CC(=O)C5CC5[C@@]4(C)[C@@H]3CC[C@@]21CC. The molecule has 5 heteroatoms. The van der Waals surface area contributed by atoms with Gasteiger partial charge >= 0.3 is 5.97 Å². The van der Waals surface area contributed by atoms with Gasteiger partial charge in [0.15, 0.2) is 17.2 Å². The van der Waals surface area contributed by atoms with E-state index in [1.807, 2.05) is 6.08 Å². The zero-order valence-corrected chi connectivity index (χ0v) is 19.8. The first kappa shape index (κ1) is 21.4. The molecule has 5 aliphatic carbocycles. The summed E-state index contributed by atoms with van der Waals surface area (Å²) < 4.78 is 6.06. The van der Waals surface area contributed by atoms with Crippen LogP contribution in [0.3, 0.4) is 0 Å². The molecule has 2 unspecified atom stereocenters. The lowest BCUT2D eigenvalue weighted by molar-refractivity contribution is -0.190. The Labute approximate surface area is 189 Å². The van der Waals surface area contributed by atoms with E-state index in [9.17, 15) is 14.4 Å². The van der Waals surface area contributed by atoms with Gasteiger partial charge in [-0.25, -0.2) is 0 Å². The molecule has 168 valence electrons. The van der Waals surface area contributed by atoms with E-state index < -0.39 is 5.60 Å². The molecule has 0 aromatic heterocycles. The first-order chi connectivity index (χ1) is 14.7. The highest BCUT2D eigenvalue weighted by molar-refractivity contribution is 6.32. The second-order valence-electron chi connectivity index (χ2n) is 10.8. The largest absolute Gasteiger partial charge is 0.450 e. The number of allylic oxidation sites excluding steroid dienone is 4. The number of fused-ring (bicyclic) bond motifs is 7. The molecule has 0 spiro atoms. The number of hydrogen-bond donors (Lipinski definition) is 0. The summed E-state index contributed by atoms with van der Waals surface area (Å²) in [6, 6.07) is 0. The van der Waals surface area contributed by atoms with Crippen molar-refractivity contribution < 1.29 is 19.1 Å². The summed E-state index contributed by atoms with van der Waals surface area (Å²) in [7, 11) is 0. The zero-order valence-electron chi connectivity index (χ0n) is 19.0. The van der Waals surface area contributed by atoms with Gasteiger partial charge in [-0.3, -0.25) is 14.4 Å². The molecule has 0 heterocycles. The maximum atomic E-state index is 13.1. The quantitative estimate of drug-likeness (QED) is 0.545. The smallest absolute Gasteiger partial charge is 0.306 e. The predicted octanol–water partition coefficient (Wildman–Crippen LogP) is 5.39. The molecular weight excluding hydrogens is 412 g/mol. The first-order valence-electron chi connectivity index (χ1n) is 12.0. The minimum Gasteiger partial charge on any atom is -0.450 e. The summed E-state index contributed by atoms with van der Waals surface area (Å²) in [5.74, 6) is 1.42. The average molecular weight is 445 g/mol. The molecule has 0 bridgehead atoms. The number of ether oxygens (including phenoxy) is 1. The van der Waals surface area contributed by atoms with Crippen molar-refractivity contribution in [3.63, 3.8) is 0 Å². The van der Waals surface area contributed by atoms with Crippen LogP contribution in [0.1, 0.15) is 72.6 Å². The van der Waals surface area contributed by atoms with Crippen LogP contribution in [0.2, 0.25) is 0 Å². The van der Waals surface area contributed by atoms with Gasteiger partial charge in [-0.1, -0.05) is 38.4 Å². The molecule has 0 amide bonds. The summed E-state index contributed by atoms with van der Waals surface area (Å²) in [6.07, 6.45) is 9.39. The van der Waals surface area contributed by atoms with E-state index in [0.29, 0.717) is 18.3 Å². The van der Waals surface area contributed by atoms with E-state index >= 15 is 0 Å².